The molecule has 0 radical (unpaired) electrons. The van der Waals surface area contributed by atoms with E-state index >= 15 is 0 Å². The van der Waals surface area contributed by atoms with Crippen LogP contribution in [0.15, 0.2) is 36.5 Å². The van der Waals surface area contributed by atoms with E-state index in [1.807, 2.05) is 0 Å². The molecule has 1 unspecified atom stereocenters. The van der Waals surface area contributed by atoms with E-state index in [1.165, 1.54) is 24.4 Å². The second-order valence-electron chi connectivity index (χ2n) is 8.12. The van der Waals surface area contributed by atoms with Gasteiger partial charge in [-0.05, 0) is 37.1 Å². The van der Waals surface area contributed by atoms with Crippen LogP contribution in [0.4, 0.5) is 18.0 Å². The van der Waals surface area contributed by atoms with Gasteiger partial charge < -0.3 is 10.6 Å². The third-order valence-corrected chi connectivity index (χ3v) is 5.92. The number of hydrogen-bond donors (Lipinski definition) is 1. The molecule has 30 heavy (non-hydrogen) atoms. The van der Waals surface area contributed by atoms with Crippen molar-refractivity contribution in [1.29, 1.82) is 0 Å². The number of halogens is 3. The fraction of sp³-hybridized carbons (Fsp3) is 0.450. The Morgan fingerprint density at radius 3 is 2.60 bits per heavy atom. The highest BCUT2D eigenvalue weighted by Gasteiger charge is 2.45. The first-order chi connectivity index (χ1) is 14.2. The minimum Gasteiger partial charge on any atom is -0.364 e. The highest BCUT2D eigenvalue weighted by molar-refractivity contribution is 5.91. The highest BCUT2D eigenvalue weighted by atomic mass is 19.4. The predicted molar refractivity (Wildman–Crippen MR) is 101 cm³/mol. The molecule has 2 N–H and O–H groups in total. The molecule has 0 bridgehead atoms. The summed E-state index contributed by atoms with van der Waals surface area (Å²) >= 11 is 0. The van der Waals surface area contributed by atoms with Crippen molar-refractivity contribution in [3.8, 4) is 0 Å². The molecule has 2 saturated heterocycles. The van der Waals surface area contributed by atoms with Gasteiger partial charge in [0.1, 0.15) is 0 Å². The van der Waals surface area contributed by atoms with E-state index in [-0.39, 0.29) is 17.1 Å². The van der Waals surface area contributed by atoms with Gasteiger partial charge in [0, 0.05) is 37.8 Å². The summed E-state index contributed by atoms with van der Waals surface area (Å²) in [6.45, 7) is 3.06. The maximum absolute atomic E-state index is 12.9. The zero-order chi connectivity index (χ0) is 21.5. The van der Waals surface area contributed by atoms with Crippen LogP contribution in [0.5, 0.6) is 0 Å². The molecule has 1 atom stereocenters. The van der Waals surface area contributed by atoms with Gasteiger partial charge in [-0.15, -0.1) is 0 Å². The maximum Gasteiger partial charge on any atom is 0.416 e. The third-order valence-electron chi connectivity index (χ3n) is 5.92. The molecule has 2 aromatic rings. The lowest BCUT2D eigenvalue weighted by Gasteiger charge is -2.25. The minimum atomic E-state index is -4.35. The first kappa shape index (κ1) is 20.4. The quantitative estimate of drug-likeness (QED) is 0.826. The van der Waals surface area contributed by atoms with Crippen LogP contribution in [0.1, 0.15) is 34.5 Å². The Kier molecular flexibility index (Phi) is 5.05. The van der Waals surface area contributed by atoms with Crippen molar-refractivity contribution in [3.63, 3.8) is 0 Å². The van der Waals surface area contributed by atoms with Gasteiger partial charge >= 0.3 is 12.2 Å². The van der Waals surface area contributed by atoms with Crippen LogP contribution in [-0.4, -0.2) is 57.7 Å². The van der Waals surface area contributed by atoms with Gasteiger partial charge in [-0.25, -0.2) is 4.79 Å². The molecule has 7 nitrogen and oxygen atoms in total. The normalized spacial score (nSPS) is 22.2. The summed E-state index contributed by atoms with van der Waals surface area (Å²) < 4.78 is 39.9. The van der Waals surface area contributed by atoms with Crippen LogP contribution in [0.2, 0.25) is 0 Å². The number of hydrogen-bond acceptors (Lipinski definition) is 4. The van der Waals surface area contributed by atoms with Crippen LogP contribution >= 0.6 is 0 Å². The standard InChI is InChI=1S/C20H22F3N5O2/c21-20(22,23)15-3-1-2-14(10-15)11-26-8-5-19(12-26)6-9-27(13-19)18(30)28-7-4-16(25-28)17(24)29/h1-4,7,10H,5-6,8-9,11-13H2,(H2,24,29). The molecule has 2 amide bonds. The van der Waals surface area contributed by atoms with Gasteiger partial charge in [0.15, 0.2) is 5.69 Å². The summed E-state index contributed by atoms with van der Waals surface area (Å²) in [5.41, 5.74) is 5.13. The molecule has 3 heterocycles. The lowest BCUT2D eigenvalue weighted by atomic mass is 9.86. The molecule has 2 fully saturated rings. The van der Waals surface area contributed by atoms with Crippen molar-refractivity contribution in [3.05, 3.63) is 53.3 Å². The summed E-state index contributed by atoms with van der Waals surface area (Å²) in [7, 11) is 0. The Labute approximate surface area is 171 Å². The average molecular weight is 421 g/mol. The van der Waals surface area contributed by atoms with Crippen LogP contribution in [0.25, 0.3) is 0 Å². The monoisotopic (exact) mass is 421 g/mol. The number of nitrogens with two attached hydrogens (primary N) is 1. The Morgan fingerprint density at radius 2 is 1.90 bits per heavy atom. The number of likely N-dealkylation sites (tertiary alicyclic amines) is 2. The Hall–Kier alpha value is -2.88. The van der Waals surface area contributed by atoms with E-state index in [2.05, 4.69) is 10.00 Å². The number of rotatable bonds is 3. The number of aromatic nitrogens is 2. The second-order valence-corrected chi connectivity index (χ2v) is 8.12. The Balaban J connectivity index is 1.38. The molecule has 1 aromatic carbocycles. The zero-order valence-corrected chi connectivity index (χ0v) is 16.2. The molecule has 10 heteroatoms. The van der Waals surface area contributed by atoms with Crippen LogP contribution in [0.3, 0.4) is 0 Å². The molecular formula is C20H22F3N5O2. The largest absolute Gasteiger partial charge is 0.416 e. The number of amides is 2. The van der Waals surface area contributed by atoms with E-state index in [4.69, 9.17) is 5.73 Å². The van der Waals surface area contributed by atoms with Crippen molar-refractivity contribution in [2.75, 3.05) is 26.2 Å². The summed E-state index contributed by atoms with van der Waals surface area (Å²) in [6.07, 6.45) is -1.24. The van der Waals surface area contributed by atoms with Gasteiger partial charge in [-0.2, -0.15) is 23.0 Å². The number of benzene rings is 1. The van der Waals surface area contributed by atoms with Crippen molar-refractivity contribution < 1.29 is 22.8 Å². The first-order valence-electron chi connectivity index (χ1n) is 9.69. The van der Waals surface area contributed by atoms with Crippen molar-refractivity contribution in [1.82, 2.24) is 19.6 Å². The molecule has 1 spiro atoms. The molecule has 2 aliphatic heterocycles. The SMILES string of the molecule is NC(=O)c1ccn(C(=O)N2CCC3(CCN(Cc4cccc(C(F)(F)F)c4)C3)C2)n1. The van der Waals surface area contributed by atoms with Gasteiger partial charge in [0.25, 0.3) is 5.91 Å². The average Bonchev–Trinajstić information content (AvgIpc) is 3.42. The predicted octanol–water partition coefficient (Wildman–Crippen LogP) is 2.57. The maximum atomic E-state index is 12.9. The van der Waals surface area contributed by atoms with Gasteiger partial charge in [-0.3, -0.25) is 9.69 Å². The molecule has 1 aromatic heterocycles. The second kappa shape index (κ2) is 7.42. The summed E-state index contributed by atoms with van der Waals surface area (Å²) in [5, 5.41) is 3.92. The van der Waals surface area contributed by atoms with Gasteiger partial charge in [0.05, 0.1) is 5.56 Å². The van der Waals surface area contributed by atoms with Gasteiger partial charge in [-0.1, -0.05) is 18.2 Å². The molecular weight excluding hydrogens is 399 g/mol. The van der Waals surface area contributed by atoms with Crippen LogP contribution in [0, 0.1) is 5.41 Å². The molecule has 4 rings (SSSR count). The first-order valence-corrected chi connectivity index (χ1v) is 9.69. The van der Waals surface area contributed by atoms with E-state index in [9.17, 15) is 22.8 Å². The summed E-state index contributed by atoms with van der Waals surface area (Å²) in [4.78, 5) is 27.7. The Morgan fingerprint density at radius 1 is 1.13 bits per heavy atom. The minimum absolute atomic E-state index is 0.0328. The summed E-state index contributed by atoms with van der Waals surface area (Å²) in [5.74, 6) is -0.694. The van der Waals surface area contributed by atoms with E-state index in [1.54, 1.807) is 11.0 Å². The highest BCUT2D eigenvalue weighted by Crippen LogP contribution is 2.40. The fourth-order valence-electron chi connectivity index (χ4n) is 4.41. The third kappa shape index (κ3) is 4.04. The topological polar surface area (TPSA) is 84.5 Å². The number of nitrogens with zero attached hydrogens (tertiary/aromatic N) is 4. The molecule has 160 valence electrons. The van der Waals surface area contributed by atoms with E-state index < -0.39 is 17.6 Å². The molecule has 2 aliphatic rings. The lowest BCUT2D eigenvalue weighted by Crippen LogP contribution is -2.36. The fourth-order valence-corrected chi connectivity index (χ4v) is 4.41. The smallest absolute Gasteiger partial charge is 0.364 e. The molecule has 0 aliphatic carbocycles. The Bertz CT molecular complexity index is 973. The van der Waals surface area contributed by atoms with Crippen LogP contribution < -0.4 is 5.73 Å². The van der Waals surface area contributed by atoms with Crippen LogP contribution in [-0.2, 0) is 12.7 Å². The van der Waals surface area contributed by atoms with Crippen molar-refractivity contribution >= 4 is 11.9 Å². The molecule has 0 saturated carbocycles. The lowest BCUT2D eigenvalue weighted by molar-refractivity contribution is -0.137. The number of carbonyl (C=O) groups excluding carboxylic acids is 2. The van der Waals surface area contributed by atoms with E-state index in [0.717, 1.165) is 36.7 Å². The van der Waals surface area contributed by atoms with Crippen molar-refractivity contribution in [2.45, 2.75) is 25.6 Å². The summed E-state index contributed by atoms with van der Waals surface area (Å²) in [6, 6.07) is 6.51. The number of carbonyl (C=O) groups is 2. The number of primary amides is 1. The number of alkyl halides is 3. The van der Waals surface area contributed by atoms with E-state index in [0.29, 0.717) is 25.2 Å². The zero-order valence-electron chi connectivity index (χ0n) is 16.2. The van der Waals surface area contributed by atoms with Crippen molar-refractivity contribution in [2.24, 2.45) is 11.1 Å². The van der Waals surface area contributed by atoms with Gasteiger partial charge in [0.2, 0.25) is 0 Å².